The van der Waals surface area contributed by atoms with Crippen LogP contribution in [0.2, 0.25) is 0 Å². The number of hydrogen-bond donors (Lipinski definition) is 0. The van der Waals surface area contributed by atoms with Crippen LogP contribution in [0.1, 0.15) is 361 Å². The summed E-state index contributed by atoms with van der Waals surface area (Å²) in [6.07, 6.45) is 81.6. The Morgan fingerprint density at radius 2 is 0.513 bits per heavy atom. The fraction of sp³-hybridized carbons (Fsp3) is 0.843. The van der Waals surface area contributed by atoms with E-state index in [-0.39, 0.29) is 31.1 Å². The molecular weight excluding hydrogens is 937 g/mol. The van der Waals surface area contributed by atoms with Crippen molar-refractivity contribution in [1.29, 1.82) is 0 Å². The van der Waals surface area contributed by atoms with Gasteiger partial charge in [0.2, 0.25) is 0 Å². The largest absolute Gasteiger partial charge is 0.462 e. The van der Waals surface area contributed by atoms with Gasteiger partial charge in [0, 0.05) is 19.3 Å². The number of carbonyl (C=O) groups is 3. The summed E-state index contributed by atoms with van der Waals surface area (Å²) in [6, 6.07) is 0. The quantitative estimate of drug-likeness (QED) is 0.0261. The van der Waals surface area contributed by atoms with Crippen LogP contribution in [0.15, 0.2) is 48.6 Å². The number of hydrogen-bond acceptors (Lipinski definition) is 6. The maximum atomic E-state index is 12.8. The van der Waals surface area contributed by atoms with Crippen molar-refractivity contribution >= 4 is 17.9 Å². The van der Waals surface area contributed by atoms with E-state index in [2.05, 4.69) is 69.4 Å². The lowest BCUT2D eigenvalue weighted by Gasteiger charge is -2.18. The number of rotatable bonds is 62. The van der Waals surface area contributed by atoms with Gasteiger partial charge in [0.1, 0.15) is 13.2 Å². The van der Waals surface area contributed by atoms with Gasteiger partial charge in [-0.2, -0.15) is 0 Å². The molecule has 0 aromatic heterocycles. The van der Waals surface area contributed by atoms with Gasteiger partial charge < -0.3 is 14.2 Å². The standard InChI is InChI=1S/C70H128O6/c1-4-7-10-13-16-19-21-23-25-26-27-28-29-30-31-32-33-34-35-36-37-38-39-40-41-42-43-44-45-47-48-51-54-57-60-63-69(72)75-66-67(65-74-68(71)62-59-56-53-50-18-15-12-9-6-3)76-70(73)64-61-58-55-52-49-46-24-22-20-17-14-11-8-5-2/h7,10,16,19,23,25,27-28,67H,4-6,8-9,11-15,17-18,20-22,24,26,29-66H2,1-3H3/b10-7-,19-16-,25-23-,28-27-. The molecule has 6 heteroatoms. The van der Waals surface area contributed by atoms with Crippen LogP contribution in [0.25, 0.3) is 0 Å². The summed E-state index contributed by atoms with van der Waals surface area (Å²) in [6.45, 7) is 6.56. The third-order valence-corrected chi connectivity index (χ3v) is 15.1. The van der Waals surface area contributed by atoms with Crippen molar-refractivity contribution in [3.05, 3.63) is 48.6 Å². The highest BCUT2D eigenvalue weighted by Gasteiger charge is 2.19. The second-order valence-corrected chi connectivity index (χ2v) is 22.7. The SMILES string of the molecule is CC/C=C\C/C=C\C/C=C\C/C=C\CCCCCCCCCCCCCCCCCCCCCCCCC(=O)OCC(COC(=O)CCCCCCCCCCC)OC(=O)CCCCCCCCCCCCCCCC. The molecule has 76 heavy (non-hydrogen) atoms. The summed E-state index contributed by atoms with van der Waals surface area (Å²) in [7, 11) is 0. The van der Waals surface area contributed by atoms with Crippen LogP contribution in [-0.4, -0.2) is 37.2 Å². The van der Waals surface area contributed by atoms with Crippen LogP contribution in [0.3, 0.4) is 0 Å². The summed E-state index contributed by atoms with van der Waals surface area (Å²) in [5.74, 6) is -0.843. The molecule has 0 radical (unpaired) electrons. The van der Waals surface area contributed by atoms with Gasteiger partial charge in [-0.3, -0.25) is 14.4 Å². The van der Waals surface area contributed by atoms with E-state index < -0.39 is 6.10 Å². The van der Waals surface area contributed by atoms with Crippen molar-refractivity contribution in [1.82, 2.24) is 0 Å². The van der Waals surface area contributed by atoms with Gasteiger partial charge in [0.05, 0.1) is 0 Å². The Labute approximate surface area is 473 Å². The average Bonchev–Trinajstić information content (AvgIpc) is 3.42. The van der Waals surface area contributed by atoms with Crippen LogP contribution in [0.5, 0.6) is 0 Å². The molecule has 0 aromatic rings. The molecule has 1 unspecified atom stereocenters. The molecule has 0 amide bonds. The number of unbranched alkanes of at least 4 members (excludes halogenated alkanes) is 43. The second-order valence-electron chi connectivity index (χ2n) is 22.7. The molecule has 444 valence electrons. The fourth-order valence-electron chi connectivity index (χ4n) is 10.1. The highest BCUT2D eigenvalue weighted by atomic mass is 16.6. The highest BCUT2D eigenvalue weighted by molar-refractivity contribution is 5.71. The molecule has 0 saturated heterocycles. The Kier molecular flexibility index (Phi) is 62.6. The molecule has 0 aliphatic heterocycles. The van der Waals surface area contributed by atoms with Crippen LogP contribution in [0, 0.1) is 0 Å². The third-order valence-electron chi connectivity index (χ3n) is 15.1. The van der Waals surface area contributed by atoms with E-state index in [9.17, 15) is 14.4 Å². The molecule has 0 saturated carbocycles. The number of allylic oxidation sites excluding steroid dienone is 8. The van der Waals surface area contributed by atoms with Crippen LogP contribution in [-0.2, 0) is 28.6 Å². The van der Waals surface area contributed by atoms with Crippen LogP contribution in [0.4, 0.5) is 0 Å². The fourth-order valence-corrected chi connectivity index (χ4v) is 10.1. The molecule has 0 rings (SSSR count). The first-order chi connectivity index (χ1) is 37.5. The predicted octanol–water partition coefficient (Wildman–Crippen LogP) is 22.9. The van der Waals surface area contributed by atoms with Crippen molar-refractivity contribution < 1.29 is 28.6 Å². The minimum atomic E-state index is -0.765. The summed E-state index contributed by atoms with van der Waals surface area (Å²) >= 11 is 0. The zero-order chi connectivity index (χ0) is 55.0. The maximum absolute atomic E-state index is 12.8. The van der Waals surface area contributed by atoms with Crippen LogP contribution >= 0.6 is 0 Å². The zero-order valence-corrected chi connectivity index (χ0v) is 51.0. The Morgan fingerprint density at radius 3 is 0.803 bits per heavy atom. The van der Waals surface area contributed by atoms with E-state index in [1.807, 2.05) is 0 Å². The van der Waals surface area contributed by atoms with Crippen molar-refractivity contribution in [2.24, 2.45) is 0 Å². The van der Waals surface area contributed by atoms with Gasteiger partial charge in [-0.15, -0.1) is 0 Å². The smallest absolute Gasteiger partial charge is 0.306 e. The molecule has 0 aliphatic carbocycles. The average molecular weight is 1070 g/mol. The van der Waals surface area contributed by atoms with E-state index >= 15 is 0 Å². The van der Waals surface area contributed by atoms with Gasteiger partial charge in [-0.1, -0.05) is 333 Å². The minimum Gasteiger partial charge on any atom is -0.462 e. The first-order valence-electron chi connectivity index (χ1n) is 33.6. The van der Waals surface area contributed by atoms with E-state index in [4.69, 9.17) is 14.2 Å². The maximum Gasteiger partial charge on any atom is 0.306 e. The molecule has 0 aromatic carbocycles. The Morgan fingerprint density at radius 1 is 0.276 bits per heavy atom. The predicted molar refractivity (Wildman–Crippen MR) is 330 cm³/mol. The molecule has 0 N–H and O–H groups in total. The third kappa shape index (κ3) is 62.2. The Balaban J connectivity index is 3.96. The normalized spacial score (nSPS) is 12.3. The van der Waals surface area contributed by atoms with Gasteiger partial charge in [-0.05, 0) is 57.8 Å². The van der Waals surface area contributed by atoms with Crippen molar-refractivity contribution in [2.75, 3.05) is 13.2 Å². The Hall–Kier alpha value is -2.63. The second kappa shape index (κ2) is 64.9. The lowest BCUT2D eigenvalue weighted by Crippen LogP contribution is -2.30. The topological polar surface area (TPSA) is 78.9 Å². The first-order valence-corrected chi connectivity index (χ1v) is 33.6. The van der Waals surface area contributed by atoms with E-state index in [1.165, 1.54) is 238 Å². The van der Waals surface area contributed by atoms with Gasteiger partial charge in [0.25, 0.3) is 0 Å². The molecule has 0 heterocycles. The summed E-state index contributed by atoms with van der Waals surface area (Å²) in [5.41, 5.74) is 0. The van der Waals surface area contributed by atoms with E-state index in [0.717, 1.165) is 83.5 Å². The molecule has 0 bridgehead atoms. The molecule has 6 nitrogen and oxygen atoms in total. The molecule has 0 fully saturated rings. The van der Waals surface area contributed by atoms with Gasteiger partial charge in [0.15, 0.2) is 6.10 Å². The summed E-state index contributed by atoms with van der Waals surface area (Å²) in [5, 5.41) is 0. The van der Waals surface area contributed by atoms with Gasteiger partial charge >= 0.3 is 17.9 Å². The summed E-state index contributed by atoms with van der Waals surface area (Å²) < 4.78 is 16.9. The lowest BCUT2D eigenvalue weighted by molar-refractivity contribution is -0.167. The number of carbonyl (C=O) groups excluding carboxylic acids is 3. The monoisotopic (exact) mass is 1060 g/mol. The molecule has 0 aliphatic rings. The van der Waals surface area contributed by atoms with E-state index in [1.54, 1.807) is 0 Å². The minimum absolute atomic E-state index is 0.0650. The highest BCUT2D eigenvalue weighted by Crippen LogP contribution is 2.18. The zero-order valence-electron chi connectivity index (χ0n) is 51.0. The van der Waals surface area contributed by atoms with Gasteiger partial charge in [-0.25, -0.2) is 0 Å². The molecule has 0 spiro atoms. The number of ether oxygens (including phenoxy) is 3. The lowest BCUT2D eigenvalue weighted by atomic mass is 10.0. The van der Waals surface area contributed by atoms with Crippen molar-refractivity contribution in [3.8, 4) is 0 Å². The molecule has 1 atom stereocenters. The number of esters is 3. The summed E-state index contributed by atoms with van der Waals surface area (Å²) in [4.78, 5) is 38.1. The van der Waals surface area contributed by atoms with Crippen molar-refractivity contribution in [2.45, 2.75) is 367 Å². The molecular formula is C70H128O6. The van der Waals surface area contributed by atoms with Crippen LogP contribution < -0.4 is 0 Å². The van der Waals surface area contributed by atoms with E-state index in [0.29, 0.717) is 19.3 Å². The first kappa shape index (κ1) is 73.4. The Bertz CT molecular complexity index is 1310. The van der Waals surface area contributed by atoms with Crippen molar-refractivity contribution in [3.63, 3.8) is 0 Å².